The first-order chi connectivity index (χ1) is 9.81. The van der Waals surface area contributed by atoms with E-state index in [0.717, 1.165) is 10.4 Å². The van der Waals surface area contributed by atoms with Crippen molar-refractivity contribution in [2.75, 3.05) is 20.3 Å². The molecular weight excluding hydrogens is 308 g/mol. The molecule has 0 aromatic carbocycles. The quantitative estimate of drug-likeness (QED) is 0.726. The van der Waals surface area contributed by atoms with Gasteiger partial charge in [-0.3, -0.25) is 0 Å². The molecule has 0 aliphatic heterocycles. The number of hydrogen-bond acceptors (Lipinski definition) is 5. The molecule has 1 unspecified atom stereocenters. The van der Waals surface area contributed by atoms with Gasteiger partial charge in [-0.25, -0.2) is 13.1 Å². The van der Waals surface area contributed by atoms with Gasteiger partial charge in [0, 0.05) is 24.1 Å². The van der Waals surface area contributed by atoms with Crippen molar-refractivity contribution in [1.82, 2.24) is 10.0 Å². The van der Waals surface area contributed by atoms with Gasteiger partial charge in [-0.2, -0.15) is 0 Å². The zero-order valence-corrected chi connectivity index (χ0v) is 15.0. The molecule has 1 aromatic heterocycles. The number of aryl methyl sites for hydroxylation is 1. The summed E-state index contributed by atoms with van der Waals surface area (Å²) in [6, 6.07) is 1.52. The molecule has 0 saturated carbocycles. The summed E-state index contributed by atoms with van der Waals surface area (Å²) in [6.07, 6.45) is 0. The molecule has 0 aliphatic carbocycles. The molecule has 21 heavy (non-hydrogen) atoms. The minimum absolute atomic E-state index is 0.171. The molecule has 0 aliphatic rings. The Bertz CT molecular complexity index is 538. The smallest absolute Gasteiger partial charge is 0.250 e. The van der Waals surface area contributed by atoms with Crippen LogP contribution >= 0.6 is 11.3 Å². The lowest BCUT2D eigenvalue weighted by atomic mass is 10.1. The van der Waals surface area contributed by atoms with Gasteiger partial charge >= 0.3 is 0 Å². The van der Waals surface area contributed by atoms with Gasteiger partial charge in [-0.15, -0.1) is 11.3 Å². The van der Waals surface area contributed by atoms with E-state index >= 15 is 0 Å². The molecule has 1 heterocycles. The highest BCUT2D eigenvalue weighted by molar-refractivity contribution is 7.91. The summed E-state index contributed by atoms with van der Waals surface area (Å²) in [7, 11) is -1.64. The second kappa shape index (κ2) is 8.24. The van der Waals surface area contributed by atoms with Crippen molar-refractivity contribution in [1.29, 1.82) is 0 Å². The van der Waals surface area contributed by atoms with Crippen LogP contribution in [0.15, 0.2) is 10.3 Å². The third-order valence-electron chi connectivity index (χ3n) is 3.21. The maximum absolute atomic E-state index is 12.5. The van der Waals surface area contributed by atoms with Crippen LogP contribution in [0.4, 0.5) is 0 Å². The van der Waals surface area contributed by atoms with Crippen LogP contribution in [0.3, 0.4) is 0 Å². The summed E-state index contributed by atoms with van der Waals surface area (Å²) in [5.74, 6) is 0.171. The van der Waals surface area contributed by atoms with Crippen molar-refractivity contribution in [3.05, 3.63) is 16.5 Å². The van der Waals surface area contributed by atoms with E-state index in [1.165, 1.54) is 11.3 Å². The summed E-state index contributed by atoms with van der Waals surface area (Å²) in [5, 5.41) is 3.05. The van der Waals surface area contributed by atoms with Crippen LogP contribution < -0.4 is 10.0 Å². The van der Waals surface area contributed by atoms with E-state index in [1.807, 2.05) is 34.7 Å². The van der Waals surface area contributed by atoms with Gasteiger partial charge in [0.2, 0.25) is 10.0 Å². The lowest BCUT2D eigenvalue weighted by Gasteiger charge is -2.21. The average molecular weight is 335 g/mol. The molecule has 5 nitrogen and oxygen atoms in total. The van der Waals surface area contributed by atoms with Gasteiger partial charge < -0.3 is 10.1 Å². The van der Waals surface area contributed by atoms with E-state index in [0.29, 0.717) is 24.0 Å². The Morgan fingerprint density at radius 3 is 2.57 bits per heavy atom. The van der Waals surface area contributed by atoms with Gasteiger partial charge in [0.1, 0.15) is 4.21 Å². The van der Waals surface area contributed by atoms with Crippen LogP contribution in [0.1, 0.15) is 31.2 Å². The van der Waals surface area contributed by atoms with Crippen LogP contribution in [0, 0.1) is 12.8 Å². The van der Waals surface area contributed by atoms with E-state index in [1.54, 1.807) is 6.07 Å². The van der Waals surface area contributed by atoms with Crippen LogP contribution in [0.25, 0.3) is 0 Å². The molecule has 122 valence electrons. The Balaban J connectivity index is 2.91. The minimum Gasteiger partial charge on any atom is -0.380 e. The Morgan fingerprint density at radius 1 is 1.38 bits per heavy atom. The number of rotatable bonds is 9. The van der Waals surface area contributed by atoms with Crippen molar-refractivity contribution in [3.8, 4) is 0 Å². The Hall–Kier alpha value is -0.470. The molecule has 0 spiro atoms. The van der Waals surface area contributed by atoms with Gasteiger partial charge in [0.25, 0.3) is 0 Å². The van der Waals surface area contributed by atoms with Gasteiger partial charge in [-0.1, -0.05) is 13.8 Å². The predicted molar refractivity (Wildman–Crippen MR) is 87.3 cm³/mol. The Labute approximate surface area is 132 Å². The number of ether oxygens (including phenoxy) is 1. The molecular formula is C14H26N2O3S2. The monoisotopic (exact) mass is 334 g/mol. The molecule has 7 heteroatoms. The summed E-state index contributed by atoms with van der Waals surface area (Å²) < 4.78 is 33.5. The number of nitrogens with one attached hydrogen (secondary N) is 2. The highest BCUT2D eigenvalue weighted by atomic mass is 32.2. The van der Waals surface area contributed by atoms with E-state index in [4.69, 9.17) is 4.74 Å². The fourth-order valence-electron chi connectivity index (χ4n) is 1.82. The maximum Gasteiger partial charge on any atom is 0.250 e. The van der Waals surface area contributed by atoms with Crippen molar-refractivity contribution in [2.45, 2.75) is 44.5 Å². The third-order valence-corrected chi connectivity index (χ3v) is 6.41. The van der Waals surface area contributed by atoms with Crippen LogP contribution in [-0.2, 0) is 21.3 Å². The molecule has 1 rings (SSSR count). The SMILES string of the molecule is CCOCC(NS(=O)(=O)c1cc(C)c(CNC)s1)C(C)C. The fourth-order valence-corrected chi connectivity index (χ4v) is 4.81. The van der Waals surface area contributed by atoms with Crippen LogP contribution in [-0.4, -0.2) is 34.7 Å². The standard InChI is InChI=1S/C14H26N2O3S2/c1-6-19-9-12(10(2)3)16-21(17,18)14-7-11(4)13(20-14)8-15-5/h7,10,12,15-16H,6,8-9H2,1-5H3. The summed E-state index contributed by atoms with van der Waals surface area (Å²) >= 11 is 1.31. The Morgan fingerprint density at radius 2 is 2.05 bits per heavy atom. The second-order valence-corrected chi connectivity index (χ2v) is 8.41. The first-order valence-electron chi connectivity index (χ1n) is 7.15. The fraction of sp³-hybridized carbons (Fsp3) is 0.714. The predicted octanol–water partition coefficient (Wildman–Crippen LogP) is 2.12. The van der Waals surface area contributed by atoms with E-state index < -0.39 is 10.0 Å². The van der Waals surface area contributed by atoms with Gasteiger partial charge in [-0.05, 0) is 38.4 Å². The number of hydrogen-bond donors (Lipinski definition) is 2. The summed E-state index contributed by atoms with van der Waals surface area (Å²) in [6.45, 7) is 9.45. The van der Waals surface area contributed by atoms with Crippen LogP contribution in [0.5, 0.6) is 0 Å². The van der Waals surface area contributed by atoms with E-state index in [-0.39, 0.29) is 12.0 Å². The van der Waals surface area contributed by atoms with Crippen LogP contribution in [0.2, 0.25) is 0 Å². The molecule has 2 N–H and O–H groups in total. The first-order valence-corrected chi connectivity index (χ1v) is 9.45. The molecule has 1 aromatic rings. The largest absolute Gasteiger partial charge is 0.380 e. The van der Waals surface area contributed by atoms with Gasteiger partial charge in [0.15, 0.2) is 0 Å². The lowest BCUT2D eigenvalue weighted by Crippen LogP contribution is -2.41. The normalized spacial score (nSPS) is 13.8. The van der Waals surface area contributed by atoms with E-state index in [2.05, 4.69) is 10.0 Å². The lowest BCUT2D eigenvalue weighted by molar-refractivity contribution is 0.116. The third kappa shape index (κ3) is 5.34. The summed E-state index contributed by atoms with van der Waals surface area (Å²) in [4.78, 5) is 1.05. The molecule has 0 saturated heterocycles. The molecule has 0 amide bonds. The van der Waals surface area contributed by atoms with Crippen molar-refractivity contribution in [2.24, 2.45) is 5.92 Å². The summed E-state index contributed by atoms with van der Waals surface area (Å²) in [5.41, 5.74) is 1.00. The zero-order chi connectivity index (χ0) is 16.0. The first kappa shape index (κ1) is 18.6. The average Bonchev–Trinajstić information content (AvgIpc) is 2.77. The van der Waals surface area contributed by atoms with Crippen molar-refractivity contribution >= 4 is 21.4 Å². The molecule has 1 atom stereocenters. The van der Waals surface area contributed by atoms with Crippen molar-refractivity contribution < 1.29 is 13.2 Å². The number of sulfonamides is 1. The Kier molecular flexibility index (Phi) is 7.29. The molecule has 0 radical (unpaired) electrons. The van der Waals surface area contributed by atoms with E-state index in [9.17, 15) is 8.42 Å². The van der Waals surface area contributed by atoms with Crippen molar-refractivity contribution in [3.63, 3.8) is 0 Å². The topological polar surface area (TPSA) is 67.4 Å². The minimum atomic E-state index is -3.49. The molecule has 0 fully saturated rings. The second-order valence-electron chi connectivity index (χ2n) is 5.33. The maximum atomic E-state index is 12.5. The highest BCUT2D eigenvalue weighted by Gasteiger charge is 2.24. The number of thiophene rings is 1. The zero-order valence-electron chi connectivity index (χ0n) is 13.4. The van der Waals surface area contributed by atoms with Gasteiger partial charge in [0.05, 0.1) is 6.61 Å². The molecule has 0 bridgehead atoms. The highest BCUT2D eigenvalue weighted by Crippen LogP contribution is 2.26.